The summed E-state index contributed by atoms with van der Waals surface area (Å²) in [5, 5.41) is 4.18. The molecule has 0 amide bonds. The molecule has 132 valence electrons. The van der Waals surface area contributed by atoms with Crippen LogP contribution in [-0.2, 0) is 18.3 Å². The molecule has 1 aromatic heterocycles. The average Bonchev–Trinajstić information content (AvgIpc) is 2.82. The van der Waals surface area contributed by atoms with Gasteiger partial charge in [-0.25, -0.2) is 0 Å². The number of aryl methyl sites for hydroxylation is 1. The molecule has 0 spiro atoms. The van der Waals surface area contributed by atoms with Crippen LogP contribution in [0.4, 0.5) is 0 Å². The van der Waals surface area contributed by atoms with E-state index in [1.54, 1.807) is 0 Å². The smallest absolute Gasteiger partial charge is 0.193 e. The number of guanidine groups is 1. The van der Waals surface area contributed by atoms with Gasteiger partial charge in [-0.1, -0.05) is 11.6 Å². The largest absolute Gasteiger partial charge is 0.379 e. The summed E-state index contributed by atoms with van der Waals surface area (Å²) in [5.74, 6) is 0.894. The van der Waals surface area contributed by atoms with Crippen molar-refractivity contribution in [1.82, 2.24) is 19.7 Å². The van der Waals surface area contributed by atoms with E-state index in [0.29, 0.717) is 0 Å². The molecule has 1 saturated heterocycles. The minimum atomic E-state index is 0. The molecule has 6 nitrogen and oxygen atoms in total. The van der Waals surface area contributed by atoms with E-state index >= 15 is 0 Å². The fraction of sp³-hybridized carbons (Fsp3) is 0.667. The minimum Gasteiger partial charge on any atom is -0.379 e. The van der Waals surface area contributed by atoms with Gasteiger partial charge in [0, 0.05) is 59.2 Å². The fourth-order valence-corrected chi connectivity index (χ4v) is 2.85. The Labute approximate surface area is 160 Å². The molecule has 0 bridgehead atoms. The Morgan fingerprint density at radius 3 is 2.70 bits per heavy atom. The van der Waals surface area contributed by atoms with Crippen molar-refractivity contribution < 1.29 is 4.74 Å². The molecule has 1 N–H and O–H groups in total. The summed E-state index contributed by atoms with van der Waals surface area (Å²) in [5.41, 5.74) is 1.16. The van der Waals surface area contributed by atoms with Crippen molar-refractivity contribution >= 4 is 41.5 Å². The fourth-order valence-electron chi connectivity index (χ4n) is 2.58. The first-order valence-electron chi connectivity index (χ1n) is 7.63. The van der Waals surface area contributed by atoms with Crippen LogP contribution in [0.25, 0.3) is 0 Å². The highest BCUT2D eigenvalue weighted by molar-refractivity contribution is 14.0. The second kappa shape index (κ2) is 10.4. The second-order valence-electron chi connectivity index (χ2n) is 5.54. The van der Waals surface area contributed by atoms with Gasteiger partial charge in [0.05, 0.1) is 24.8 Å². The van der Waals surface area contributed by atoms with E-state index in [2.05, 4.69) is 20.1 Å². The summed E-state index contributed by atoms with van der Waals surface area (Å²) >= 11 is 6.03. The Hall–Kier alpha value is -0.510. The zero-order valence-corrected chi connectivity index (χ0v) is 17.2. The van der Waals surface area contributed by atoms with Gasteiger partial charge in [0.1, 0.15) is 0 Å². The maximum atomic E-state index is 6.03. The predicted molar refractivity (Wildman–Crippen MR) is 106 cm³/mol. The number of nitrogens with one attached hydrogen (secondary N) is 1. The van der Waals surface area contributed by atoms with Gasteiger partial charge in [-0.2, -0.15) is 0 Å². The minimum absolute atomic E-state index is 0. The number of rotatable bonds is 5. The number of hydrogen-bond acceptors (Lipinski definition) is 3. The first-order valence-corrected chi connectivity index (χ1v) is 8.00. The van der Waals surface area contributed by atoms with Crippen LogP contribution in [-0.4, -0.2) is 73.8 Å². The lowest BCUT2D eigenvalue weighted by molar-refractivity contribution is 0.0388. The molecule has 0 aromatic carbocycles. The van der Waals surface area contributed by atoms with Gasteiger partial charge < -0.3 is 19.5 Å². The molecule has 1 fully saturated rings. The van der Waals surface area contributed by atoms with Crippen LogP contribution in [0.15, 0.2) is 17.3 Å². The highest BCUT2D eigenvalue weighted by Crippen LogP contribution is 2.14. The van der Waals surface area contributed by atoms with Crippen molar-refractivity contribution in [1.29, 1.82) is 0 Å². The molecule has 1 aliphatic heterocycles. The third-order valence-electron chi connectivity index (χ3n) is 3.86. The lowest BCUT2D eigenvalue weighted by atomic mass is 10.4. The van der Waals surface area contributed by atoms with E-state index in [0.717, 1.165) is 62.6 Å². The van der Waals surface area contributed by atoms with Crippen LogP contribution < -0.4 is 5.32 Å². The van der Waals surface area contributed by atoms with E-state index in [1.807, 2.05) is 38.0 Å². The van der Waals surface area contributed by atoms with Gasteiger partial charge in [0.25, 0.3) is 0 Å². The molecule has 2 heterocycles. The summed E-state index contributed by atoms with van der Waals surface area (Å²) in [6.07, 6.45) is 1.92. The van der Waals surface area contributed by atoms with Crippen LogP contribution in [0.5, 0.6) is 0 Å². The van der Waals surface area contributed by atoms with E-state index in [4.69, 9.17) is 16.3 Å². The molecule has 0 saturated carbocycles. The van der Waals surface area contributed by atoms with Crippen LogP contribution >= 0.6 is 35.6 Å². The molecule has 23 heavy (non-hydrogen) atoms. The molecular formula is C15H27ClIN5O. The van der Waals surface area contributed by atoms with Crippen LogP contribution in [0.3, 0.4) is 0 Å². The number of aliphatic imine (C=N–C) groups is 1. The quantitative estimate of drug-likeness (QED) is 0.416. The lowest BCUT2D eigenvalue weighted by Crippen LogP contribution is -2.44. The molecule has 0 atom stereocenters. The van der Waals surface area contributed by atoms with Crippen molar-refractivity contribution in [3.63, 3.8) is 0 Å². The summed E-state index contributed by atoms with van der Waals surface area (Å²) in [6, 6.07) is 1.99. The molecular weight excluding hydrogens is 429 g/mol. The summed E-state index contributed by atoms with van der Waals surface area (Å²) < 4.78 is 7.40. The van der Waals surface area contributed by atoms with Crippen LogP contribution in [0, 0.1) is 0 Å². The van der Waals surface area contributed by atoms with Gasteiger partial charge in [0.2, 0.25) is 0 Å². The summed E-state index contributed by atoms with van der Waals surface area (Å²) in [6.45, 7) is 6.35. The SMILES string of the molecule is CN=C(NCCN1CCOCC1)N(C)Cc1cc(Cl)cn1C.I. The molecule has 8 heteroatoms. The zero-order chi connectivity index (χ0) is 15.9. The van der Waals surface area contributed by atoms with Gasteiger partial charge in [-0.3, -0.25) is 9.89 Å². The summed E-state index contributed by atoms with van der Waals surface area (Å²) in [4.78, 5) is 8.85. The maximum Gasteiger partial charge on any atom is 0.193 e. The standard InChI is InChI=1S/C15H26ClN5O.HI/c1-17-15(18-4-5-21-6-8-22-9-7-21)20(3)12-14-10-13(16)11-19(14)2;/h10-11H,4-9,12H2,1-3H3,(H,17,18);1H. The Morgan fingerprint density at radius 1 is 1.43 bits per heavy atom. The number of halogens is 2. The number of hydrogen-bond donors (Lipinski definition) is 1. The third-order valence-corrected chi connectivity index (χ3v) is 4.07. The van der Waals surface area contributed by atoms with Crippen LogP contribution in [0.2, 0.25) is 5.02 Å². The van der Waals surface area contributed by atoms with E-state index in [1.165, 1.54) is 0 Å². The first-order chi connectivity index (χ1) is 10.6. The highest BCUT2D eigenvalue weighted by atomic mass is 127. The van der Waals surface area contributed by atoms with Gasteiger partial charge in [0.15, 0.2) is 5.96 Å². The molecule has 0 aliphatic carbocycles. The van der Waals surface area contributed by atoms with Crippen molar-refractivity contribution in [2.75, 3.05) is 53.5 Å². The molecule has 0 radical (unpaired) electrons. The van der Waals surface area contributed by atoms with Crippen molar-refractivity contribution in [2.24, 2.45) is 12.0 Å². The lowest BCUT2D eigenvalue weighted by Gasteiger charge is -2.28. The van der Waals surface area contributed by atoms with E-state index in [-0.39, 0.29) is 24.0 Å². The number of morpholine rings is 1. The predicted octanol–water partition coefficient (Wildman–Crippen LogP) is 1.64. The normalized spacial score (nSPS) is 16.1. The monoisotopic (exact) mass is 455 g/mol. The molecule has 1 aromatic rings. The summed E-state index contributed by atoms with van der Waals surface area (Å²) in [7, 11) is 5.85. The Bertz CT molecular complexity index is 502. The maximum absolute atomic E-state index is 6.03. The van der Waals surface area contributed by atoms with Crippen molar-refractivity contribution in [2.45, 2.75) is 6.54 Å². The Morgan fingerprint density at radius 2 is 2.13 bits per heavy atom. The molecule has 1 aliphatic rings. The zero-order valence-electron chi connectivity index (χ0n) is 14.1. The number of nitrogens with zero attached hydrogens (tertiary/aromatic N) is 4. The van der Waals surface area contributed by atoms with Crippen LogP contribution in [0.1, 0.15) is 5.69 Å². The van der Waals surface area contributed by atoms with Crippen molar-refractivity contribution in [3.8, 4) is 0 Å². The molecule has 0 unspecified atom stereocenters. The van der Waals surface area contributed by atoms with Gasteiger partial charge in [-0.05, 0) is 6.07 Å². The van der Waals surface area contributed by atoms with E-state index in [9.17, 15) is 0 Å². The second-order valence-corrected chi connectivity index (χ2v) is 5.98. The van der Waals surface area contributed by atoms with Gasteiger partial charge >= 0.3 is 0 Å². The third kappa shape index (κ3) is 6.48. The molecule has 2 rings (SSSR count). The Kier molecular flexibility index (Phi) is 9.26. The van der Waals surface area contributed by atoms with Crippen molar-refractivity contribution in [3.05, 3.63) is 23.0 Å². The van der Waals surface area contributed by atoms with Gasteiger partial charge in [-0.15, -0.1) is 24.0 Å². The number of aromatic nitrogens is 1. The highest BCUT2D eigenvalue weighted by Gasteiger charge is 2.12. The first kappa shape index (κ1) is 20.5. The average molecular weight is 456 g/mol. The topological polar surface area (TPSA) is 45.0 Å². The number of ether oxygens (including phenoxy) is 1. The Balaban J connectivity index is 0.00000264. The van der Waals surface area contributed by atoms with E-state index < -0.39 is 0 Å².